The molecule has 0 aromatic heterocycles. The molecule has 0 saturated heterocycles. The van der Waals surface area contributed by atoms with Crippen LogP contribution in [0.4, 0.5) is 4.79 Å². The number of aliphatic carboxylic acids is 1. The summed E-state index contributed by atoms with van der Waals surface area (Å²) in [4.78, 5) is 24.7. The first kappa shape index (κ1) is 30.7. The van der Waals surface area contributed by atoms with E-state index in [1.54, 1.807) is 19.1 Å². The third-order valence-electron chi connectivity index (χ3n) is 6.66. The molecule has 0 bridgehead atoms. The summed E-state index contributed by atoms with van der Waals surface area (Å²) in [5, 5.41) is 23.3. The Balaban J connectivity index is 2.72. The van der Waals surface area contributed by atoms with Crippen LogP contribution in [0.2, 0.25) is 0 Å². The van der Waals surface area contributed by atoms with Crippen molar-refractivity contribution in [1.29, 1.82) is 0 Å². The number of rotatable bonds is 13. The Kier molecular flexibility index (Phi) is 10.6. The number of phenols is 1. The van der Waals surface area contributed by atoms with E-state index in [4.69, 9.17) is 9.26 Å². The van der Waals surface area contributed by atoms with Crippen molar-refractivity contribution in [1.82, 2.24) is 5.09 Å². The van der Waals surface area contributed by atoms with Gasteiger partial charge in [0.15, 0.2) is 0 Å². The average Bonchev–Trinajstić information content (AvgIpc) is 2.78. The highest BCUT2D eigenvalue weighted by atomic mass is 31.2. The average molecular weight is 536 g/mol. The van der Waals surface area contributed by atoms with E-state index < -0.39 is 24.7 Å². The van der Waals surface area contributed by atoms with Gasteiger partial charge in [0, 0.05) is 11.5 Å². The molecular formula is C28H42NO7P. The van der Waals surface area contributed by atoms with E-state index in [9.17, 15) is 24.4 Å². The van der Waals surface area contributed by atoms with Gasteiger partial charge < -0.3 is 19.5 Å². The van der Waals surface area contributed by atoms with Crippen molar-refractivity contribution < 1.29 is 33.6 Å². The topological polar surface area (TPSA) is 122 Å². The van der Waals surface area contributed by atoms with Crippen molar-refractivity contribution in [2.24, 2.45) is 5.92 Å². The molecule has 1 unspecified atom stereocenters. The number of unbranched alkanes of at least 4 members (excludes halogenated alkanes) is 2. The van der Waals surface area contributed by atoms with E-state index in [2.05, 4.69) is 18.6 Å². The maximum atomic E-state index is 14.0. The van der Waals surface area contributed by atoms with Gasteiger partial charge >= 0.3 is 19.2 Å². The molecule has 1 aliphatic rings. The van der Waals surface area contributed by atoms with E-state index in [1.807, 2.05) is 19.9 Å². The quantitative estimate of drug-likeness (QED) is 0.136. The van der Waals surface area contributed by atoms with Gasteiger partial charge in [-0.1, -0.05) is 43.6 Å². The van der Waals surface area contributed by atoms with E-state index in [0.29, 0.717) is 12.0 Å². The number of benzene rings is 1. The van der Waals surface area contributed by atoms with Crippen molar-refractivity contribution in [2.75, 3.05) is 6.61 Å². The fraction of sp³-hybridized carbons (Fsp3) is 0.571. The van der Waals surface area contributed by atoms with Crippen LogP contribution in [0.15, 0.2) is 35.9 Å². The Hall–Kier alpha value is -2.57. The number of carboxylic acid groups (broad SMARTS) is 1. The van der Waals surface area contributed by atoms with Crippen LogP contribution in [0.25, 0.3) is 0 Å². The van der Waals surface area contributed by atoms with Crippen molar-refractivity contribution in [3.05, 3.63) is 47.1 Å². The Morgan fingerprint density at radius 3 is 2.49 bits per heavy atom. The maximum absolute atomic E-state index is 14.0. The lowest BCUT2D eigenvalue weighted by Crippen LogP contribution is -2.46. The normalized spacial score (nSPS) is 19.5. The summed E-state index contributed by atoms with van der Waals surface area (Å²) >= 11 is 0. The second-order valence-corrected chi connectivity index (χ2v) is 12.3. The molecule has 1 aliphatic carbocycles. The fourth-order valence-electron chi connectivity index (χ4n) is 4.58. The van der Waals surface area contributed by atoms with E-state index >= 15 is 0 Å². The molecular weight excluding hydrogens is 493 g/mol. The first-order chi connectivity index (χ1) is 17.3. The fourth-order valence-corrected chi connectivity index (χ4v) is 6.35. The Bertz CT molecular complexity index is 1090. The van der Waals surface area contributed by atoms with Crippen molar-refractivity contribution in [3.63, 3.8) is 0 Å². The van der Waals surface area contributed by atoms with Gasteiger partial charge in [-0.3, -0.25) is 4.79 Å². The number of ether oxygens (including phenoxy) is 1. The zero-order chi connectivity index (χ0) is 28.0. The number of carbonyl (C=O) groups excluding carboxylic acids is 1. The first-order valence-electron chi connectivity index (χ1n) is 12.9. The lowest BCUT2D eigenvalue weighted by atomic mass is 9.73. The van der Waals surface area contributed by atoms with Gasteiger partial charge in [-0.15, -0.1) is 0 Å². The molecule has 0 amide bonds. The first-order valence-corrected chi connectivity index (χ1v) is 14.6. The van der Waals surface area contributed by atoms with Crippen molar-refractivity contribution in [2.45, 2.75) is 91.5 Å². The molecule has 9 heteroatoms. The molecule has 0 radical (unpaired) electrons. The highest BCUT2D eigenvalue weighted by Gasteiger charge is 2.46. The molecule has 1 aromatic rings. The molecule has 0 fully saturated rings. The molecule has 3 N–H and O–H groups in total. The number of carbonyl (C=O) groups is 2. The summed E-state index contributed by atoms with van der Waals surface area (Å²) in [7, 11) is -4.58. The summed E-state index contributed by atoms with van der Waals surface area (Å²) in [5.41, 5.74) is 0.290. The third-order valence-corrected chi connectivity index (χ3v) is 8.58. The summed E-state index contributed by atoms with van der Waals surface area (Å²) < 4.78 is 25.0. The number of hydrogen-bond acceptors (Lipinski definition) is 6. The number of allylic oxidation sites excluding steroid dienone is 3. The van der Waals surface area contributed by atoms with E-state index in [-0.39, 0.29) is 29.9 Å². The number of hydrogen-bond donors (Lipinski definition) is 3. The van der Waals surface area contributed by atoms with Crippen LogP contribution in [0, 0.1) is 5.92 Å². The van der Waals surface area contributed by atoms with Gasteiger partial charge in [-0.05, 0) is 83.9 Å². The number of aryl methyl sites for hydroxylation is 1. The van der Waals surface area contributed by atoms with Gasteiger partial charge in [0.1, 0.15) is 17.0 Å². The zero-order valence-corrected chi connectivity index (χ0v) is 23.8. The standard InChI is InChI=1S/C28H42NO7P/c1-8-10-11-12-20-16-23(30)25(22-15-19(5)13-14-21(22)18(3)4)24(17-20)36-37(34,27(33)35-9-2)29-28(6,7)26(31)32/h15-17,21-22,30H,3,8-14H2,1-2,4-7H3,(H,29,34)(H,31,32)/t21-,22+,37?/m0/s1. The lowest BCUT2D eigenvalue weighted by molar-refractivity contribution is -0.142. The van der Waals surface area contributed by atoms with Crippen molar-refractivity contribution >= 4 is 19.2 Å². The maximum Gasteiger partial charge on any atom is 0.424 e. The molecule has 0 heterocycles. The monoisotopic (exact) mass is 535 g/mol. The second kappa shape index (κ2) is 12.8. The Morgan fingerprint density at radius 1 is 1.24 bits per heavy atom. The SMILES string of the molecule is C=C(C)[C@@H]1CCC(C)=C[C@H]1c1c(O)cc(CCCCC)cc1OP(=O)(NC(C)(C)C(=O)O)C(=O)OCC. The molecule has 0 aliphatic heterocycles. The number of aromatic hydroxyl groups is 1. The number of carboxylic acids is 1. The van der Waals surface area contributed by atoms with Gasteiger partial charge in [0.05, 0.1) is 6.61 Å². The largest absolute Gasteiger partial charge is 0.507 e. The van der Waals surface area contributed by atoms with Crippen LogP contribution in [-0.2, 0) is 20.5 Å². The highest BCUT2D eigenvalue weighted by Crippen LogP contribution is 2.53. The van der Waals surface area contributed by atoms with Gasteiger partial charge in [0.2, 0.25) is 0 Å². The molecule has 206 valence electrons. The highest BCUT2D eigenvalue weighted by molar-refractivity contribution is 7.74. The minimum atomic E-state index is -4.58. The predicted octanol–water partition coefficient (Wildman–Crippen LogP) is 7.32. The molecule has 8 nitrogen and oxygen atoms in total. The molecule has 1 aromatic carbocycles. The van der Waals surface area contributed by atoms with Crippen LogP contribution in [-0.4, -0.2) is 34.0 Å². The van der Waals surface area contributed by atoms with Crippen LogP contribution in [0.5, 0.6) is 11.5 Å². The summed E-state index contributed by atoms with van der Waals surface area (Å²) in [5.74, 6) is -1.61. The van der Waals surface area contributed by atoms with Crippen LogP contribution < -0.4 is 9.61 Å². The second-order valence-electron chi connectivity index (χ2n) is 10.4. The Labute approximate surface area is 220 Å². The Morgan fingerprint density at radius 2 is 1.92 bits per heavy atom. The molecule has 37 heavy (non-hydrogen) atoms. The number of nitrogens with one attached hydrogen (secondary N) is 1. The minimum Gasteiger partial charge on any atom is -0.507 e. The molecule has 3 atom stereocenters. The van der Waals surface area contributed by atoms with Crippen LogP contribution in [0.3, 0.4) is 0 Å². The molecule has 0 spiro atoms. The van der Waals surface area contributed by atoms with E-state index in [0.717, 1.165) is 48.8 Å². The summed E-state index contributed by atoms with van der Waals surface area (Å²) in [6, 6.07) is 3.38. The van der Waals surface area contributed by atoms with Crippen LogP contribution in [0.1, 0.15) is 90.7 Å². The predicted molar refractivity (Wildman–Crippen MR) is 145 cm³/mol. The van der Waals surface area contributed by atoms with Crippen molar-refractivity contribution in [3.8, 4) is 11.5 Å². The summed E-state index contributed by atoms with van der Waals surface area (Å²) in [6.45, 7) is 14.2. The van der Waals surface area contributed by atoms with E-state index in [1.165, 1.54) is 13.8 Å². The molecule has 2 rings (SSSR count). The molecule has 0 saturated carbocycles. The minimum absolute atomic E-state index is 0.00621. The lowest BCUT2D eigenvalue weighted by Gasteiger charge is -2.33. The van der Waals surface area contributed by atoms with Gasteiger partial charge in [-0.2, -0.15) is 0 Å². The van der Waals surface area contributed by atoms with Crippen LogP contribution >= 0.6 is 7.52 Å². The summed E-state index contributed by atoms with van der Waals surface area (Å²) in [6.07, 6.45) is 7.30. The third kappa shape index (κ3) is 7.71. The number of phenolic OH excluding ortho intramolecular Hbond substituents is 1. The van der Waals surface area contributed by atoms with Gasteiger partial charge in [0.25, 0.3) is 0 Å². The zero-order valence-electron chi connectivity index (χ0n) is 22.9. The van der Waals surface area contributed by atoms with Gasteiger partial charge in [-0.25, -0.2) is 14.4 Å². The smallest absolute Gasteiger partial charge is 0.424 e.